The first-order valence-electron chi connectivity index (χ1n) is 7.30. The normalized spacial score (nSPS) is 24.3. The van der Waals surface area contributed by atoms with Gasteiger partial charge in [0.05, 0.1) is 0 Å². The molecule has 1 heterocycles. The number of rotatable bonds is 3. The summed E-state index contributed by atoms with van der Waals surface area (Å²) in [6.07, 6.45) is 3.83. The van der Waals surface area contributed by atoms with Crippen LogP contribution in [0.1, 0.15) is 17.5 Å². The fraction of sp³-hybridized carbons (Fsp3) is 0.333. The van der Waals surface area contributed by atoms with Crippen LogP contribution in [0.4, 0.5) is 5.69 Å². The maximum absolute atomic E-state index is 2.64. The molecule has 0 bridgehead atoms. The lowest BCUT2D eigenvalue weighted by Gasteiger charge is -2.19. The fourth-order valence-electron chi connectivity index (χ4n) is 3.46. The Morgan fingerprint density at radius 3 is 2.63 bits per heavy atom. The molecule has 96 valence electrons. The molecule has 0 aromatic heterocycles. The summed E-state index contributed by atoms with van der Waals surface area (Å²) in [4.78, 5) is 2.64. The van der Waals surface area contributed by atoms with Crippen LogP contribution in [-0.2, 0) is 12.8 Å². The molecule has 1 fully saturated rings. The average Bonchev–Trinajstić information content (AvgIpc) is 3.08. The first-order chi connectivity index (χ1) is 9.42. The molecule has 2 aliphatic rings. The highest BCUT2D eigenvalue weighted by atomic mass is 15.2. The van der Waals surface area contributed by atoms with Crippen molar-refractivity contribution < 1.29 is 0 Å². The summed E-state index contributed by atoms with van der Waals surface area (Å²) in [5, 5.41) is 0. The van der Waals surface area contributed by atoms with Crippen LogP contribution in [0.5, 0.6) is 0 Å². The molecule has 4 rings (SSSR count). The van der Waals surface area contributed by atoms with Crippen LogP contribution in [0.3, 0.4) is 0 Å². The van der Waals surface area contributed by atoms with Crippen LogP contribution in [0, 0.1) is 5.92 Å². The third-order valence-corrected chi connectivity index (χ3v) is 4.55. The molecule has 2 atom stereocenters. The molecule has 0 N–H and O–H groups in total. The summed E-state index contributed by atoms with van der Waals surface area (Å²) in [5.74, 6) is 0.855. The van der Waals surface area contributed by atoms with Crippen molar-refractivity contribution in [3.8, 4) is 0 Å². The lowest BCUT2D eigenvalue weighted by Crippen LogP contribution is -2.24. The number of para-hydroxylation sites is 1. The van der Waals surface area contributed by atoms with Crippen LogP contribution < -0.4 is 4.90 Å². The molecule has 1 nitrogen and oxygen atoms in total. The zero-order valence-electron chi connectivity index (χ0n) is 11.1. The van der Waals surface area contributed by atoms with Crippen molar-refractivity contribution in [1.82, 2.24) is 0 Å². The van der Waals surface area contributed by atoms with Gasteiger partial charge in [-0.25, -0.2) is 0 Å². The van der Waals surface area contributed by atoms with Gasteiger partial charge in [0.25, 0.3) is 0 Å². The number of hydrogen-bond donors (Lipinski definition) is 0. The molecule has 0 spiro atoms. The van der Waals surface area contributed by atoms with Gasteiger partial charge in [-0.3, -0.25) is 0 Å². The topological polar surface area (TPSA) is 3.24 Å². The number of nitrogens with zero attached hydrogens (tertiary/aromatic N) is 1. The molecule has 2 aromatic carbocycles. The second kappa shape index (κ2) is 4.41. The summed E-state index contributed by atoms with van der Waals surface area (Å²) in [7, 11) is 0. The smallest absolute Gasteiger partial charge is 0.0402 e. The molecule has 0 radical (unpaired) electrons. The molecular weight excluding hydrogens is 230 g/mol. The molecule has 1 saturated carbocycles. The van der Waals surface area contributed by atoms with Crippen molar-refractivity contribution in [2.45, 2.75) is 25.3 Å². The van der Waals surface area contributed by atoms with Crippen LogP contribution in [0.2, 0.25) is 0 Å². The van der Waals surface area contributed by atoms with Gasteiger partial charge in [0.1, 0.15) is 0 Å². The van der Waals surface area contributed by atoms with E-state index in [0.29, 0.717) is 0 Å². The number of benzene rings is 2. The van der Waals surface area contributed by atoms with E-state index in [0.717, 1.165) is 12.0 Å². The Morgan fingerprint density at radius 2 is 1.74 bits per heavy atom. The van der Waals surface area contributed by atoms with E-state index in [9.17, 15) is 0 Å². The van der Waals surface area contributed by atoms with Crippen molar-refractivity contribution in [2.24, 2.45) is 5.92 Å². The number of anilines is 1. The highest BCUT2D eigenvalue weighted by Crippen LogP contribution is 2.43. The van der Waals surface area contributed by atoms with Gasteiger partial charge in [-0.05, 0) is 42.4 Å². The lowest BCUT2D eigenvalue weighted by molar-refractivity contribution is 0.728. The first-order valence-corrected chi connectivity index (χ1v) is 7.30. The van der Waals surface area contributed by atoms with Gasteiger partial charge in [0.2, 0.25) is 0 Å². The summed E-state index contributed by atoms with van der Waals surface area (Å²) in [6.45, 7) is 1.22. The van der Waals surface area contributed by atoms with E-state index >= 15 is 0 Å². The van der Waals surface area contributed by atoms with E-state index in [1.165, 1.54) is 42.6 Å². The Bertz CT molecular complexity index is 575. The van der Waals surface area contributed by atoms with E-state index in [1.807, 2.05) is 0 Å². The molecule has 1 aliphatic heterocycles. The quantitative estimate of drug-likeness (QED) is 0.802. The predicted molar refractivity (Wildman–Crippen MR) is 79.5 cm³/mol. The van der Waals surface area contributed by atoms with E-state index < -0.39 is 0 Å². The van der Waals surface area contributed by atoms with Gasteiger partial charge in [-0.1, -0.05) is 48.5 Å². The third kappa shape index (κ3) is 2.03. The minimum atomic E-state index is 0.781. The Balaban J connectivity index is 1.47. The second-order valence-electron chi connectivity index (χ2n) is 5.82. The third-order valence-electron chi connectivity index (χ3n) is 4.55. The zero-order valence-corrected chi connectivity index (χ0v) is 11.1. The standard InChI is InChI=1S/C18H19N/c1-2-6-14(7-3-1)12-16-13-18(16)19-11-10-15-8-4-5-9-17(15)19/h1-9,16,18H,10-13H2/t16-,18-/m0/s1. The van der Waals surface area contributed by atoms with Gasteiger partial charge in [-0.2, -0.15) is 0 Å². The first kappa shape index (κ1) is 11.1. The van der Waals surface area contributed by atoms with Crippen molar-refractivity contribution in [3.63, 3.8) is 0 Å². The van der Waals surface area contributed by atoms with E-state index in [2.05, 4.69) is 59.5 Å². The SMILES string of the molecule is c1ccc(C[C@H]2C[C@@H]2N2CCc3ccccc32)cc1. The minimum Gasteiger partial charge on any atom is -0.368 e. The highest BCUT2D eigenvalue weighted by molar-refractivity contribution is 5.59. The largest absolute Gasteiger partial charge is 0.368 e. The number of hydrogen-bond acceptors (Lipinski definition) is 1. The van der Waals surface area contributed by atoms with Crippen LogP contribution in [0.25, 0.3) is 0 Å². The second-order valence-corrected chi connectivity index (χ2v) is 5.82. The van der Waals surface area contributed by atoms with Gasteiger partial charge in [0.15, 0.2) is 0 Å². The average molecular weight is 249 g/mol. The lowest BCUT2D eigenvalue weighted by atomic mass is 10.1. The van der Waals surface area contributed by atoms with Crippen molar-refractivity contribution in [1.29, 1.82) is 0 Å². The summed E-state index contributed by atoms with van der Waals surface area (Å²) in [5.41, 5.74) is 4.51. The molecule has 0 saturated heterocycles. The van der Waals surface area contributed by atoms with Gasteiger partial charge < -0.3 is 4.90 Å². The summed E-state index contributed by atoms with van der Waals surface area (Å²) >= 11 is 0. The van der Waals surface area contributed by atoms with Crippen molar-refractivity contribution in [2.75, 3.05) is 11.4 Å². The van der Waals surface area contributed by atoms with E-state index in [1.54, 1.807) is 0 Å². The van der Waals surface area contributed by atoms with Crippen molar-refractivity contribution in [3.05, 3.63) is 65.7 Å². The Labute approximate surface area is 114 Å². The van der Waals surface area contributed by atoms with Gasteiger partial charge >= 0.3 is 0 Å². The van der Waals surface area contributed by atoms with Gasteiger partial charge in [-0.15, -0.1) is 0 Å². The predicted octanol–water partition coefficient (Wildman–Crippen LogP) is 3.68. The summed E-state index contributed by atoms with van der Waals surface area (Å²) in [6, 6.07) is 20.6. The maximum atomic E-state index is 2.64. The Hall–Kier alpha value is -1.76. The molecule has 1 aliphatic carbocycles. The van der Waals surface area contributed by atoms with Crippen LogP contribution in [0.15, 0.2) is 54.6 Å². The Morgan fingerprint density at radius 1 is 0.947 bits per heavy atom. The maximum Gasteiger partial charge on any atom is 0.0402 e. The fourth-order valence-corrected chi connectivity index (χ4v) is 3.46. The zero-order chi connectivity index (χ0) is 12.7. The van der Waals surface area contributed by atoms with Crippen molar-refractivity contribution >= 4 is 5.69 Å². The number of fused-ring (bicyclic) bond motifs is 1. The molecular formula is C18H19N. The molecule has 1 heteroatoms. The monoisotopic (exact) mass is 249 g/mol. The summed E-state index contributed by atoms with van der Waals surface area (Å²) < 4.78 is 0. The molecule has 0 amide bonds. The van der Waals surface area contributed by atoms with E-state index in [4.69, 9.17) is 0 Å². The van der Waals surface area contributed by atoms with Gasteiger partial charge in [0, 0.05) is 18.3 Å². The molecule has 0 unspecified atom stereocenters. The van der Waals surface area contributed by atoms with Crippen LogP contribution in [-0.4, -0.2) is 12.6 Å². The van der Waals surface area contributed by atoms with Crippen LogP contribution >= 0.6 is 0 Å². The molecule has 19 heavy (non-hydrogen) atoms. The van der Waals surface area contributed by atoms with E-state index in [-0.39, 0.29) is 0 Å². The Kier molecular flexibility index (Phi) is 2.58. The molecule has 2 aromatic rings. The minimum absolute atomic E-state index is 0.781. The highest BCUT2D eigenvalue weighted by Gasteiger charge is 2.43.